The quantitative estimate of drug-likeness (QED) is 0.215. The lowest BCUT2D eigenvalue weighted by Gasteiger charge is -2.24. The molecule has 0 bridgehead atoms. The topological polar surface area (TPSA) is 166 Å². The zero-order valence-corrected chi connectivity index (χ0v) is 21.5. The van der Waals surface area contributed by atoms with Gasteiger partial charge in [-0.05, 0) is 43.0 Å². The zero-order valence-electron chi connectivity index (χ0n) is 21.5. The lowest BCUT2D eigenvalue weighted by atomic mass is 10.0. The molecule has 0 spiro atoms. The van der Waals surface area contributed by atoms with Crippen LogP contribution in [0.3, 0.4) is 0 Å². The Labute approximate surface area is 218 Å². The van der Waals surface area contributed by atoms with Crippen LogP contribution in [-0.2, 0) is 27.3 Å². The number of benzene rings is 2. The van der Waals surface area contributed by atoms with Crippen molar-refractivity contribution >= 4 is 17.7 Å². The van der Waals surface area contributed by atoms with Gasteiger partial charge in [0, 0.05) is 32.7 Å². The molecule has 0 aliphatic carbocycles. The van der Waals surface area contributed by atoms with Crippen molar-refractivity contribution in [3.8, 4) is 5.75 Å². The summed E-state index contributed by atoms with van der Waals surface area (Å²) >= 11 is 0. The van der Waals surface area contributed by atoms with Crippen molar-refractivity contribution in [2.75, 3.05) is 32.8 Å². The molecule has 37 heavy (non-hydrogen) atoms. The van der Waals surface area contributed by atoms with Crippen molar-refractivity contribution in [3.05, 3.63) is 65.7 Å². The summed E-state index contributed by atoms with van der Waals surface area (Å²) in [7, 11) is 0. The predicted octanol–water partition coefficient (Wildman–Crippen LogP) is 0.283. The van der Waals surface area contributed by atoms with E-state index in [2.05, 4.69) is 10.6 Å². The van der Waals surface area contributed by atoms with Crippen LogP contribution in [0.4, 0.5) is 0 Å². The van der Waals surface area contributed by atoms with Crippen LogP contribution in [-0.4, -0.2) is 67.5 Å². The highest BCUT2D eigenvalue weighted by Gasteiger charge is 2.26. The minimum Gasteiger partial charge on any atom is -0.494 e. The van der Waals surface area contributed by atoms with E-state index in [1.54, 1.807) is 0 Å². The van der Waals surface area contributed by atoms with Crippen LogP contribution < -0.4 is 32.6 Å². The molecule has 2 atom stereocenters. The normalized spacial score (nSPS) is 12.3. The SMILES string of the molecule is CCOc1ccc(CNC(=O)C(CCc2ccccc2)NC(=O)C(N)CC(=O)N(CCN)CCN)cc1. The Morgan fingerprint density at radius 3 is 2.16 bits per heavy atom. The maximum atomic E-state index is 13.1. The fourth-order valence-corrected chi connectivity index (χ4v) is 3.77. The van der Waals surface area contributed by atoms with Crippen molar-refractivity contribution in [2.24, 2.45) is 17.2 Å². The Kier molecular flexibility index (Phi) is 13.1. The summed E-state index contributed by atoms with van der Waals surface area (Å²) in [5.74, 6) is -0.447. The molecule has 3 amide bonds. The van der Waals surface area contributed by atoms with Gasteiger partial charge in [-0.1, -0.05) is 42.5 Å². The number of hydrogen-bond acceptors (Lipinski definition) is 7. The maximum absolute atomic E-state index is 13.1. The molecule has 2 unspecified atom stereocenters. The number of ether oxygens (including phenoxy) is 1. The van der Waals surface area contributed by atoms with E-state index in [9.17, 15) is 14.4 Å². The van der Waals surface area contributed by atoms with Crippen molar-refractivity contribution in [3.63, 3.8) is 0 Å². The molecule has 0 aliphatic heterocycles. The monoisotopic (exact) mass is 512 g/mol. The average molecular weight is 513 g/mol. The number of nitrogens with two attached hydrogens (primary N) is 3. The summed E-state index contributed by atoms with van der Waals surface area (Å²) in [6, 6.07) is 15.2. The Morgan fingerprint density at radius 1 is 0.919 bits per heavy atom. The third-order valence-electron chi connectivity index (χ3n) is 5.78. The van der Waals surface area contributed by atoms with Crippen LogP contribution in [0.2, 0.25) is 0 Å². The summed E-state index contributed by atoms with van der Waals surface area (Å²) in [4.78, 5) is 40.0. The first-order chi connectivity index (χ1) is 17.9. The fraction of sp³-hybridized carbons (Fsp3) is 0.444. The highest BCUT2D eigenvalue weighted by molar-refractivity contribution is 5.92. The van der Waals surface area contributed by atoms with Crippen LogP contribution in [0, 0.1) is 0 Å². The Morgan fingerprint density at radius 2 is 1.57 bits per heavy atom. The van der Waals surface area contributed by atoms with E-state index < -0.39 is 18.0 Å². The van der Waals surface area contributed by atoms with E-state index in [-0.39, 0.29) is 31.3 Å². The molecule has 2 aromatic rings. The largest absolute Gasteiger partial charge is 0.494 e. The first-order valence-electron chi connectivity index (χ1n) is 12.6. The third-order valence-corrected chi connectivity index (χ3v) is 5.78. The molecular weight excluding hydrogens is 472 g/mol. The second kappa shape index (κ2) is 16.3. The van der Waals surface area contributed by atoms with E-state index in [0.29, 0.717) is 39.1 Å². The summed E-state index contributed by atoms with van der Waals surface area (Å²) in [6.45, 7) is 4.00. The van der Waals surface area contributed by atoms with Gasteiger partial charge >= 0.3 is 0 Å². The number of nitrogens with one attached hydrogen (secondary N) is 2. The molecule has 202 valence electrons. The van der Waals surface area contributed by atoms with Gasteiger partial charge in [0.25, 0.3) is 0 Å². The number of nitrogens with zero attached hydrogens (tertiary/aromatic N) is 1. The van der Waals surface area contributed by atoms with Gasteiger partial charge in [0.15, 0.2) is 0 Å². The molecule has 0 saturated heterocycles. The number of carbonyl (C=O) groups excluding carboxylic acids is 3. The molecule has 10 heteroatoms. The van der Waals surface area contributed by atoms with Crippen LogP contribution in [0.1, 0.15) is 30.9 Å². The molecule has 0 aromatic heterocycles. The number of amides is 3. The van der Waals surface area contributed by atoms with Gasteiger partial charge in [0.05, 0.1) is 19.1 Å². The molecule has 0 heterocycles. The molecule has 2 rings (SSSR count). The van der Waals surface area contributed by atoms with Gasteiger partial charge in [-0.25, -0.2) is 0 Å². The average Bonchev–Trinajstić information content (AvgIpc) is 2.90. The smallest absolute Gasteiger partial charge is 0.242 e. The minimum atomic E-state index is -1.11. The highest BCUT2D eigenvalue weighted by Crippen LogP contribution is 2.12. The van der Waals surface area contributed by atoms with E-state index in [1.165, 1.54) is 4.90 Å². The molecule has 2 aromatic carbocycles. The lowest BCUT2D eigenvalue weighted by Crippen LogP contribution is -2.53. The number of aryl methyl sites for hydroxylation is 1. The van der Waals surface area contributed by atoms with E-state index in [1.807, 2.05) is 61.5 Å². The summed E-state index contributed by atoms with van der Waals surface area (Å²) in [6.07, 6.45) is 0.750. The Balaban J connectivity index is 2.02. The van der Waals surface area contributed by atoms with E-state index in [0.717, 1.165) is 16.9 Å². The molecule has 0 fully saturated rings. The number of rotatable bonds is 16. The standard InChI is InChI=1S/C27H40N6O4/c1-2-37-22-11-8-21(9-12-22)19-31-27(36)24(13-10-20-6-4-3-5-7-20)32-26(35)23(30)18-25(34)33(16-14-28)17-15-29/h3-9,11-12,23-24H,2,10,13-19,28-30H2,1H3,(H,31,36)(H,32,35). The van der Waals surface area contributed by atoms with Crippen LogP contribution in [0.5, 0.6) is 5.75 Å². The molecule has 0 saturated carbocycles. The predicted molar refractivity (Wildman–Crippen MR) is 143 cm³/mol. The maximum Gasteiger partial charge on any atom is 0.242 e. The van der Waals surface area contributed by atoms with Crippen LogP contribution in [0.25, 0.3) is 0 Å². The first-order valence-corrected chi connectivity index (χ1v) is 12.6. The van der Waals surface area contributed by atoms with E-state index >= 15 is 0 Å². The fourth-order valence-electron chi connectivity index (χ4n) is 3.77. The van der Waals surface area contributed by atoms with E-state index in [4.69, 9.17) is 21.9 Å². The molecule has 8 N–H and O–H groups in total. The van der Waals surface area contributed by atoms with Crippen molar-refractivity contribution < 1.29 is 19.1 Å². The summed E-state index contributed by atoms with van der Waals surface area (Å²) in [5.41, 5.74) is 19.1. The van der Waals surface area contributed by atoms with Crippen LogP contribution >= 0.6 is 0 Å². The van der Waals surface area contributed by atoms with Crippen molar-refractivity contribution in [1.29, 1.82) is 0 Å². The summed E-state index contributed by atoms with van der Waals surface area (Å²) < 4.78 is 5.45. The van der Waals surface area contributed by atoms with Crippen molar-refractivity contribution in [1.82, 2.24) is 15.5 Å². The Bertz CT molecular complexity index is 965. The van der Waals surface area contributed by atoms with Gasteiger partial charge in [0.2, 0.25) is 17.7 Å². The second-order valence-electron chi connectivity index (χ2n) is 8.65. The Hall–Kier alpha value is -3.47. The zero-order chi connectivity index (χ0) is 27.0. The van der Waals surface area contributed by atoms with Gasteiger partial charge in [-0.2, -0.15) is 0 Å². The molecule has 10 nitrogen and oxygen atoms in total. The van der Waals surface area contributed by atoms with Gasteiger partial charge in [-0.15, -0.1) is 0 Å². The summed E-state index contributed by atoms with van der Waals surface area (Å²) in [5, 5.41) is 5.63. The van der Waals surface area contributed by atoms with Crippen molar-refractivity contribution in [2.45, 2.75) is 44.8 Å². The van der Waals surface area contributed by atoms with Gasteiger partial charge < -0.3 is 37.5 Å². The lowest BCUT2D eigenvalue weighted by molar-refractivity contribution is -0.135. The number of carbonyl (C=O) groups is 3. The molecule has 0 radical (unpaired) electrons. The second-order valence-corrected chi connectivity index (χ2v) is 8.65. The highest BCUT2D eigenvalue weighted by atomic mass is 16.5. The van der Waals surface area contributed by atoms with Crippen LogP contribution in [0.15, 0.2) is 54.6 Å². The van der Waals surface area contributed by atoms with Gasteiger partial charge in [0.1, 0.15) is 11.8 Å². The first kappa shape index (κ1) is 29.8. The molecular formula is C27H40N6O4. The third kappa shape index (κ3) is 10.6. The molecule has 0 aliphatic rings. The minimum absolute atomic E-state index is 0.203. The van der Waals surface area contributed by atoms with Gasteiger partial charge in [-0.3, -0.25) is 14.4 Å². The number of hydrogen-bond donors (Lipinski definition) is 5.